The summed E-state index contributed by atoms with van der Waals surface area (Å²) in [6, 6.07) is 11.6. The summed E-state index contributed by atoms with van der Waals surface area (Å²) >= 11 is 0. The van der Waals surface area contributed by atoms with Crippen LogP contribution in [-0.2, 0) is 6.42 Å². The molecule has 0 aliphatic heterocycles. The molecule has 0 spiro atoms. The van der Waals surface area contributed by atoms with Gasteiger partial charge in [0.2, 0.25) is 0 Å². The van der Waals surface area contributed by atoms with E-state index in [9.17, 15) is 5.11 Å². The van der Waals surface area contributed by atoms with Gasteiger partial charge in [0.1, 0.15) is 11.3 Å². The number of rotatable bonds is 3. The van der Waals surface area contributed by atoms with Crippen LogP contribution in [0.4, 0.5) is 0 Å². The van der Waals surface area contributed by atoms with E-state index in [1.807, 2.05) is 43.3 Å². The van der Waals surface area contributed by atoms with Crippen LogP contribution in [0.2, 0.25) is 0 Å². The van der Waals surface area contributed by atoms with Crippen molar-refractivity contribution in [1.82, 2.24) is 4.98 Å². The minimum Gasteiger partial charge on any atom is -0.461 e. The molecule has 2 aromatic heterocycles. The van der Waals surface area contributed by atoms with Crippen LogP contribution in [0.5, 0.6) is 0 Å². The molecule has 0 saturated heterocycles. The molecule has 2 heterocycles. The fourth-order valence-electron chi connectivity index (χ4n) is 2.45. The van der Waals surface area contributed by atoms with E-state index < -0.39 is 6.10 Å². The van der Waals surface area contributed by atoms with Gasteiger partial charge in [-0.1, -0.05) is 18.2 Å². The molecule has 1 atom stereocenters. The molecule has 3 heteroatoms. The first kappa shape index (κ1) is 11.9. The topological polar surface area (TPSA) is 46.3 Å². The fraction of sp³-hybridized carbons (Fsp3) is 0.188. The second kappa shape index (κ2) is 4.86. The largest absolute Gasteiger partial charge is 0.461 e. The summed E-state index contributed by atoms with van der Waals surface area (Å²) in [7, 11) is 0. The van der Waals surface area contributed by atoms with Gasteiger partial charge in [-0.15, -0.1) is 0 Å². The van der Waals surface area contributed by atoms with Gasteiger partial charge in [0, 0.05) is 29.8 Å². The molecule has 0 aliphatic rings. The maximum absolute atomic E-state index is 10.5. The number of aliphatic hydroxyl groups is 1. The maximum Gasteiger partial charge on any atom is 0.134 e. The van der Waals surface area contributed by atoms with Crippen LogP contribution in [0.25, 0.3) is 11.0 Å². The van der Waals surface area contributed by atoms with Gasteiger partial charge in [-0.25, -0.2) is 0 Å². The maximum atomic E-state index is 10.5. The van der Waals surface area contributed by atoms with Crippen molar-refractivity contribution in [3.05, 3.63) is 65.7 Å². The number of hydrogen-bond acceptors (Lipinski definition) is 3. The van der Waals surface area contributed by atoms with Gasteiger partial charge in [0.05, 0.1) is 6.10 Å². The van der Waals surface area contributed by atoms with Crippen molar-refractivity contribution < 1.29 is 9.52 Å². The molecule has 0 radical (unpaired) electrons. The Kier molecular flexibility index (Phi) is 3.05. The normalized spacial score (nSPS) is 12.7. The number of pyridine rings is 1. The third-order valence-corrected chi connectivity index (χ3v) is 3.33. The lowest BCUT2D eigenvalue weighted by molar-refractivity contribution is 0.177. The Morgan fingerprint density at radius 2 is 1.89 bits per heavy atom. The molecular formula is C16H15NO2. The predicted molar refractivity (Wildman–Crippen MR) is 73.9 cm³/mol. The molecule has 3 nitrogen and oxygen atoms in total. The molecule has 1 aromatic carbocycles. The summed E-state index contributed by atoms with van der Waals surface area (Å²) in [5.74, 6) is 0.780. The zero-order valence-electron chi connectivity index (χ0n) is 10.7. The number of aromatic nitrogens is 1. The van der Waals surface area contributed by atoms with E-state index in [1.165, 1.54) is 0 Å². The van der Waals surface area contributed by atoms with E-state index >= 15 is 0 Å². The number of nitrogens with zero attached hydrogens (tertiary/aromatic N) is 1. The first-order chi connectivity index (χ1) is 9.25. The SMILES string of the molecule is Cc1oc2ccccc2c1C(O)Cc1ccncc1. The zero-order valence-corrected chi connectivity index (χ0v) is 10.7. The zero-order chi connectivity index (χ0) is 13.2. The molecular weight excluding hydrogens is 238 g/mol. The summed E-state index contributed by atoms with van der Waals surface area (Å²) in [5, 5.41) is 11.4. The van der Waals surface area contributed by atoms with Crippen LogP contribution < -0.4 is 0 Å². The summed E-state index contributed by atoms with van der Waals surface area (Å²) in [5.41, 5.74) is 2.77. The van der Waals surface area contributed by atoms with Gasteiger partial charge < -0.3 is 9.52 Å². The predicted octanol–water partition coefficient (Wildman–Crippen LogP) is 3.41. The molecule has 96 valence electrons. The molecule has 0 fully saturated rings. The van der Waals surface area contributed by atoms with Crippen molar-refractivity contribution in [2.24, 2.45) is 0 Å². The average molecular weight is 253 g/mol. The molecule has 0 aliphatic carbocycles. The Balaban J connectivity index is 1.97. The highest BCUT2D eigenvalue weighted by Crippen LogP contribution is 2.31. The lowest BCUT2D eigenvalue weighted by Gasteiger charge is -2.10. The van der Waals surface area contributed by atoms with Gasteiger partial charge in [-0.05, 0) is 30.7 Å². The molecule has 0 bridgehead atoms. The molecule has 3 rings (SSSR count). The van der Waals surface area contributed by atoms with Crippen LogP contribution in [0.1, 0.15) is 23.0 Å². The highest BCUT2D eigenvalue weighted by atomic mass is 16.3. The van der Waals surface area contributed by atoms with Gasteiger partial charge in [0.15, 0.2) is 0 Å². The van der Waals surface area contributed by atoms with E-state index in [4.69, 9.17) is 4.42 Å². The van der Waals surface area contributed by atoms with Crippen LogP contribution in [0.3, 0.4) is 0 Å². The smallest absolute Gasteiger partial charge is 0.134 e. The molecule has 0 amide bonds. The number of hydrogen-bond donors (Lipinski definition) is 1. The Bertz CT molecular complexity index is 688. The molecule has 19 heavy (non-hydrogen) atoms. The van der Waals surface area contributed by atoms with Crippen LogP contribution in [0, 0.1) is 6.92 Å². The van der Waals surface area contributed by atoms with Crippen LogP contribution in [0.15, 0.2) is 53.2 Å². The highest BCUT2D eigenvalue weighted by molar-refractivity contribution is 5.82. The average Bonchev–Trinajstić information content (AvgIpc) is 2.75. The van der Waals surface area contributed by atoms with Crippen molar-refractivity contribution >= 4 is 11.0 Å². The summed E-state index contributed by atoms with van der Waals surface area (Å²) in [6.45, 7) is 1.89. The summed E-state index contributed by atoms with van der Waals surface area (Å²) < 4.78 is 5.69. The Morgan fingerprint density at radius 1 is 1.16 bits per heavy atom. The second-order valence-electron chi connectivity index (χ2n) is 4.64. The highest BCUT2D eigenvalue weighted by Gasteiger charge is 2.18. The summed E-state index contributed by atoms with van der Waals surface area (Å²) in [4.78, 5) is 3.98. The van der Waals surface area contributed by atoms with Gasteiger partial charge >= 0.3 is 0 Å². The number of benzene rings is 1. The van der Waals surface area contributed by atoms with Gasteiger partial charge in [-0.3, -0.25) is 4.98 Å². The van der Waals surface area contributed by atoms with Crippen molar-refractivity contribution in [1.29, 1.82) is 0 Å². The lowest BCUT2D eigenvalue weighted by Crippen LogP contribution is -2.02. The number of fused-ring (bicyclic) bond motifs is 1. The van der Waals surface area contributed by atoms with Crippen molar-refractivity contribution in [3.63, 3.8) is 0 Å². The minimum atomic E-state index is -0.564. The van der Waals surface area contributed by atoms with E-state index in [0.717, 1.165) is 27.9 Å². The number of para-hydroxylation sites is 1. The van der Waals surface area contributed by atoms with Crippen molar-refractivity contribution in [2.75, 3.05) is 0 Å². The van der Waals surface area contributed by atoms with Crippen molar-refractivity contribution in [3.8, 4) is 0 Å². The molecule has 3 aromatic rings. The first-order valence-electron chi connectivity index (χ1n) is 6.30. The van der Waals surface area contributed by atoms with Crippen molar-refractivity contribution in [2.45, 2.75) is 19.4 Å². The first-order valence-corrected chi connectivity index (χ1v) is 6.30. The van der Waals surface area contributed by atoms with Crippen LogP contribution in [-0.4, -0.2) is 10.1 Å². The van der Waals surface area contributed by atoms with Gasteiger partial charge in [-0.2, -0.15) is 0 Å². The third-order valence-electron chi connectivity index (χ3n) is 3.33. The standard InChI is InChI=1S/C16H15NO2/c1-11-16(13-4-2-3-5-15(13)19-11)14(18)10-12-6-8-17-9-7-12/h2-9,14,18H,10H2,1H3. The number of aliphatic hydroxyl groups excluding tert-OH is 1. The van der Waals surface area contributed by atoms with Gasteiger partial charge in [0.25, 0.3) is 0 Å². The Morgan fingerprint density at radius 3 is 2.68 bits per heavy atom. The molecule has 1 N–H and O–H groups in total. The minimum absolute atomic E-state index is 0.562. The Labute approximate surface area is 111 Å². The van der Waals surface area contributed by atoms with E-state index in [-0.39, 0.29) is 0 Å². The monoisotopic (exact) mass is 253 g/mol. The quantitative estimate of drug-likeness (QED) is 0.778. The van der Waals surface area contributed by atoms with E-state index in [2.05, 4.69) is 4.98 Å². The number of furan rings is 1. The fourth-order valence-corrected chi connectivity index (χ4v) is 2.45. The lowest BCUT2D eigenvalue weighted by atomic mass is 9.99. The van der Waals surface area contributed by atoms with E-state index in [1.54, 1.807) is 12.4 Å². The van der Waals surface area contributed by atoms with Crippen LogP contribution >= 0.6 is 0 Å². The third kappa shape index (κ3) is 2.25. The van der Waals surface area contributed by atoms with E-state index in [0.29, 0.717) is 6.42 Å². The second-order valence-corrected chi connectivity index (χ2v) is 4.64. The summed E-state index contributed by atoms with van der Waals surface area (Å²) in [6.07, 6.45) is 3.48. The molecule has 0 saturated carbocycles. The number of aryl methyl sites for hydroxylation is 1. The Hall–Kier alpha value is -2.13. The molecule has 1 unspecified atom stereocenters.